The molecule has 0 N–H and O–H groups in total. The van der Waals surface area contributed by atoms with Crippen LogP contribution < -0.4 is 9.64 Å². The molecule has 1 aliphatic heterocycles. The Morgan fingerprint density at radius 3 is 2.32 bits per heavy atom. The number of anilines is 1. The summed E-state index contributed by atoms with van der Waals surface area (Å²) in [4.78, 5) is 40.9. The van der Waals surface area contributed by atoms with Crippen LogP contribution in [0.1, 0.15) is 115 Å². The van der Waals surface area contributed by atoms with Crippen molar-refractivity contribution in [3.63, 3.8) is 0 Å². The number of likely N-dealkylation sites (tertiary alicyclic amines) is 1. The molecule has 2 bridgehead atoms. The van der Waals surface area contributed by atoms with Crippen LogP contribution in [0.4, 0.5) is 10.6 Å². The van der Waals surface area contributed by atoms with Crippen molar-refractivity contribution < 1.29 is 28.2 Å². The van der Waals surface area contributed by atoms with Gasteiger partial charge >= 0.3 is 6.09 Å². The minimum absolute atomic E-state index is 0.0343. The molecule has 1 aromatic carbocycles. The van der Waals surface area contributed by atoms with Crippen LogP contribution in [0.15, 0.2) is 47.2 Å². The van der Waals surface area contributed by atoms with Crippen LogP contribution in [0.5, 0.6) is 5.75 Å². The quantitative estimate of drug-likeness (QED) is 0.193. The summed E-state index contributed by atoms with van der Waals surface area (Å²) in [5.74, 6) is 2.24. The Labute approximate surface area is 315 Å². The van der Waals surface area contributed by atoms with Gasteiger partial charge in [-0.1, -0.05) is 39.8 Å². The van der Waals surface area contributed by atoms with E-state index in [1.807, 2.05) is 17.0 Å². The number of ether oxygens (including phenoxy) is 3. The van der Waals surface area contributed by atoms with E-state index in [1.165, 1.54) is 11.1 Å². The number of aromatic nitrogens is 2. The summed E-state index contributed by atoms with van der Waals surface area (Å²) in [5, 5.41) is 0. The van der Waals surface area contributed by atoms with E-state index in [2.05, 4.69) is 52.8 Å². The van der Waals surface area contributed by atoms with E-state index >= 15 is 0 Å². The molecular formula is C43H58N4O6. The molecule has 0 atom stereocenters. The third-order valence-electron chi connectivity index (χ3n) is 12.6. The van der Waals surface area contributed by atoms with Gasteiger partial charge in [-0.05, 0) is 118 Å². The molecule has 10 heteroatoms. The lowest BCUT2D eigenvalue weighted by Crippen LogP contribution is -2.55. The van der Waals surface area contributed by atoms with Crippen molar-refractivity contribution in [2.45, 2.75) is 128 Å². The van der Waals surface area contributed by atoms with E-state index in [1.54, 1.807) is 24.5 Å². The topological polar surface area (TPSA) is 107 Å². The number of oxazole rings is 1. The summed E-state index contributed by atoms with van der Waals surface area (Å²) >= 11 is 0. The summed E-state index contributed by atoms with van der Waals surface area (Å²) in [5.41, 5.74) is 4.23. The minimum Gasteiger partial charge on any atom is -0.496 e. The lowest BCUT2D eigenvalue weighted by molar-refractivity contribution is -0.125. The Morgan fingerprint density at radius 1 is 0.981 bits per heavy atom. The highest BCUT2D eigenvalue weighted by atomic mass is 16.6. The highest BCUT2D eigenvalue weighted by molar-refractivity contribution is 5.95. The summed E-state index contributed by atoms with van der Waals surface area (Å²) in [6.07, 6.45) is 13.4. The number of hydrogen-bond donors (Lipinski definition) is 0. The SMILES string of the molecule is CCCOC1CN(C(=O)O[C@H]2CC[C@H](C(=O)N(CC34CCC(c5ccc(OC)c(C)c5)(CC3)CC4)c3cc(-c4coc(C(C)(C)C)n4)ccn3)CC2)C1. The molecule has 286 valence electrons. The van der Waals surface area contributed by atoms with Gasteiger partial charge in [0.2, 0.25) is 5.91 Å². The van der Waals surface area contributed by atoms with Gasteiger partial charge in [0.25, 0.3) is 0 Å². The number of amides is 2. The molecule has 4 saturated carbocycles. The molecule has 5 aliphatic rings. The van der Waals surface area contributed by atoms with Gasteiger partial charge in [-0.15, -0.1) is 0 Å². The lowest BCUT2D eigenvalue weighted by atomic mass is 9.51. The van der Waals surface area contributed by atoms with Crippen LogP contribution in [0.25, 0.3) is 11.3 Å². The van der Waals surface area contributed by atoms with Crippen molar-refractivity contribution in [1.82, 2.24) is 14.9 Å². The fourth-order valence-corrected chi connectivity index (χ4v) is 9.07. The zero-order valence-corrected chi connectivity index (χ0v) is 32.6. The summed E-state index contributed by atoms with van der Waals surface area (Å²) < 4.78 is 23.1. The highest BCUT2D eigenvalue weighted by Crippen LogP contribution is 2.58. The highest BCUT2D eigenvalue weighted by Gasteiger charge is 2.51. The Bertz CT molecular complexity index is 1740. The molecule has 0 unspecified atom stereocenters. The number of hydrogen-bond acceptors (Lipinski definition) is 8. The second-order valence-corrected chi connectivity index (χ2v) is 17.3. The monoisotopic (exact) mass is 726 g/mol. The van der Waals surface area contributed by atoms with Gasteiger partial charge in [0.1, 0.15) is 29.6 Å². The minimum atomic E-state index is -0.268. The Morgan fingerprint density at radius 2 is 1.70 bits per heavy atom. The number of methoxy groups -OCH3 is 1. The van der Waals surface area contributed by atoms with E-state index in [4.69, 9.17) is 28.6 Å². The van der Waals surface area contributed by atoms with E-state index < -0.39 is 0 Å². The van der Waals surface area contributed by atoms with Crippen LogP contribution in [-0.2, 0) is 25.1 Å². The van der Waals surface area contributed by atoms with Crippen LogP contribution in [-0.4, -0.2) is 72.4 Å². The van der Waals surface area contributed by atoms with Gasteiger partial charge in [-0.2, -0.15) is 0 Å². The first-order valence-electron chi connectivity index (χ1n) is 19.9. The van der Waals surface area contributed by atoms with Crippen molar-refractivity contribution >= 4 is 17.8 Å². The van der Waals surface area contributed by atoms with Crippen molar-refractivity contribution in [1.29, 1.82) is 0 Å². The molecule has 0 spiro atoms. The predicted molar refractivity (Wildman–Crippen MR) is 204 cm³/mol. The molecule has 0 radical (unpaired) electrons. The zero-order chi connectivity index (χ0) is 37.4. The fourth-order valence-electron chi connectivity index (χ4n) is 9.07. The summed E-state index contributed by atoms with van der Waals surface area (Å²) in [6, 6.07) is 10.7. The van der Waals surface area contributed by atoms with Crippen molar-refractivity contribution in [3.8, 4) is 17.0 Å². The molecule has 2 amide bonds. The number of carbonyl (C=O) groups excluding carboxylic acids is 2. The maximum Gasteiger partial charge on any atom is 0.410 e. The van der Waals surface area contributed by atoms with Crippen molar-refractivity contribution in [2.75, 3.05) is 38.3 Å². The third-order valence-corrected chi connectivity index (χ3v) is 12.6. The molecule has 3 aromatic rings. The molecule has 5 fully saturated rings. The van der Waals surface area contributed by atoms with Crippen LogP contribution in [0.3, 0.4) is 0 Å². The fraction of sp³-hybridized carbons (Fsp3) is 0.628. The molecular weight excluding hydrogens is 668 g/mol. The first-order chi connectivity index (χ1) is 25.4. The van der Waals surface area contributed by atoms with Gasteiger partial charge in [-0.3, -0.25) is 9.69 Å². The molecule has 4 aliphatic carbocycles. The van der Waals surface area contributed by atoms with Crippen molar-refractivity contribution in [2.24, 2.45) is 11.3 Å². The number of rotatable bonds is 11. The molecule has 53 heavy (non-hydrogen) atoms. The second kappa shape index (κ2) is 15.1. The number of carbonyl (C=O) groups is 2. The van der Waals surface area contributed by atoms with Gasteiger partial charge in [-0.25, -0.2) is 14.8 Å². The van der Waals surface area contributed by atoms with Crippen LogP contribution >= 0.6 is 0 Å². The Kier molecular flexibility index (Phi) is 10.6. The maximum absolute atomic E-state index is 14.7. The third kappa shape index (κ3) is 7.84. The Balaban J connectivity index is 1.06. The van der Waals surface area contributed by atoms with E-state index in [9.17, 15) is 9.59 Å². The van der Waals surface area contributed by atoms with Gasteiger partial charge in [0, 0.05) is 36.2 Å². The van der Waals surface area contributed by atoms with Crippen molar-refractivity contribution in [3.05, 3.63) is 59.8 Å². The lowest BCUT2D eigenvalue weighted by Gasteiger charge is -2.55. The first-order valence-corrected chi connectivity index (χ1v) is 19.9. The van der Waals surface area contributed by atoms with E-state index in [0.717, 1.165) is 62.0 Å². The van der Waals surface area contributed by atoms with E-state index in [-0.39, 0.29) is 46.4 Å². The normalized spacial score (nSPS) is 25.9. The smallest absolute Gasteiger partial charge is 0.410 e. The predicted octanol–water partition coefficient (Wildman–Crippen LogP) is 8.78. The number of aryl methyl sites for hydroxylation is 1. The van der Waals surface area contributed by atoms with Gasteiger partial charge in [0.05, 0.1) is 26.3 Å². The molecule has 1 saturated heterocycles. The summed E-state index contributed by atoms with van der Waals surface area (Å²) in [7, 11) is 1.73. The maximum atomic E-state index is 14.7. The molecule has 10 nitrogen and oxygen atoms in total. The van der Waals surface area contributed by atoms with Crippen LogP contribution in [0.2, 0.25) is 0 Å². The van der Waals surface area contributed by atoms with Gasteiger partial charge in [0.15, 0.2) is 5.89 Å². The largest absolute Gasteiger partial charge is 0.496 e. The number of pyridine rings is 1. The second-order valence-electron chi connectivity index (χ2n) is 17.3. The Hall–Kier alpha value is -3.92. The number of fused-ring (bicyclic) bond motifs is 3. The average molecular weight is 727 g/mol. The summed E-state index contributed by atoms with van der Waals surface area (Å²) in [6.45, 7) is 13.0. The molecule has 8 rings (SSSR count). The number of nitrogens with zero attached hydrogens (tertiary/aromatic N) is 4. The average Bonchev–Trinajstić information content (AvgIpc) is 3.66. The van der Waals surface area contributed by atoms with Crippen LogP contribution in [0, 0.1) is 18.3 Å². The zero-order valence-electron chi connectivity index (χ0n) is 32.6. The van der Waals surface area contributed by atoms with E-state index in [0.29, 0.717) is 63.6 Å². The number of benzene rings is 1. The first kappa shape index (κ1) is 37.4. The standard InChI is InChI=1S/C43H58N4O6/c1-7-22-51-34-25-46(26-34)40(49)53-33-11-8-30(9-12-33)38(48)47(37-24-31(14-21-44-37)35-27-52-39(45-35)41(3,4)5)28-42-15-18-43(19-16-42,20-17-42)32-10-13-36(50-6)29(2)23-32/h10,13-14,21,23-24,27,30,33-34H,7-9,11-12,15-20,22,25-26,28H2,1-6H3/t30-,33-,42?,43?. The molecule has 3 heterocycles. The van der Waals surface area contributed by atoms with Gasteiger partial charge < -0.3 is 23.5 Å². The molecule has 2 aromatic heterocycles.